The fourth-order valence-corrected chi connectivity index (χ4v) is 3.45. The quantitative estimate of drug-likeness (QED) is 0.930. The molecule has 3 nitrogen and oxygen atoms in total. The molecule has 0 atom stereocenters. The maximum atomic E-state index is 5.92. The number of fused-ring (bicyclic) bond motifs is 1. The lowest BCUT2D eigenvalue weighted by Gasteiger charge is -2.28. The summed E-state index contributed by atoms with van der Waals surface area (Å²) in [5.41, 5.74) is 8.16. The second-order valence-corrected chi connectivity index (χ2v) is 6.25. The van der Waals surface area contributed by atoms with Gasteiger partial charge in [0.05, 0.1) is 5.52 Å². The average Bonchev–Trinajstić information content (AvgIpc) is 2.54. The Morgan fingerprint density at radius 3 is 2.71 bits per heavy atom. The molecule has 2 aromatic rings. The largest absolute Gasteiger partial charge is 0.359 e. The summed E-state index contributed by atoms with van der Waals surface area (Å²) in [6.45, 7) is 1.67. The Morgan fingerprint density at radius 2 is 1.95 bits per heavy atom. The van der Waals surface area contributed by atoms with Gasteiger partial charge >= 0.3 is 0 Å². The van der Waals surface area contributed by atoms with Crippen LogP contribution in [0.1, 0.15) is 37.7 Å². The zero-order valence-corrected chi connectivity index (χ0v) is 12.9. The van der Waals surface area contributed by atoms with Crippen LogP contribution in [0.4, 0.5) is 5.82 Å². The third kappa shape index (κ3) is 3.18. The molecule has 1 saturated carbocycles. The summed E-state index contributed by atoms with van der Waals surface area (Å²) in [6, 6.07) is 10.4. The van der Waals surface area contributed by atoms with Crippen molar-refractivity contribution < 1.29 is 0 Å². The minimum absolute atomic E-state index is 0.563. The fourth-order valence-electron chi connectivity index (χ4n) is 3.45. The van der Waals surface area contributed by atoms with Crippen molar-refractivity contribution in [1.29, 1.82) is 0 Å². The molecule has 0 spiro atoms. The van der Waals surface area contributed by atoms with Crippen molar-refractivity contribution in [2.45, 2.75) is 38.6 Å². The lowest BCUT2D eigenvalue weighted by molar-refractivity contribution is 0.361. The van der Waals surface area contributed by atoms with Crippen LogP contribution in [0.2, 0.25) is 0 Å². The zero-order chi connectivity index (χ0) is 14.7. The Hall–Kier alpha value is -1.61. The molecule has 3 rings (SSSR count). The van der Waals surface area contributed by atoms with Crippen molar-refractivity contribution in [2.24, 2.45) is 11.7 Å². The smallest absolute Gasteiger partial charge is 0.129 e. The van der Waals surface area contributed by atoms with Gasteiger partial charge in [0.15, 0.2) is 0 Å². The van der Waals surface area contributed by atoms with E-state index in [1.807, 2.05) is 6.07 Å². The van der Waals surface area contributed by atoms with E-state index in [9.17, 15) is 0 Å². The molecule has 1 aromatic carbocycles. The minimum Gasteiger partial charge on any atom is -0.359 e. The topological polar surface area (TPSA) is 42.1 Å². The van der Waals surface area contributed by atoms with Crippen LogP contribution in [-0.2, 0) is 6.54 Å². The monoisotopic (exact) mass is 283 g/mol. The van der Waals surface area contributed by atoms with Gasteiger partial charge in [-0.25, -0.2) is 4.98 Å². The van der Waals surface area contributed by atoms with Crippen LogP contribution in [0.25, 0.3) is 10.9 Å². The average molecular weight is 283 g/mol. The van der Waals surface area contributed by atoms with Crippen LogP contribution < -0.4 is 10.6 Å². The van der Waals surface area contributed by atoms with Crippen molar-refractivity contribution in [3.63, 3.8) is 0 Å². The molecule has 3 heteroatoms. The van der Waals surface area contributed by atoms with Crippen molar-refractivity contribution in [3.05, 3.63) is 35.9 Å². The lowest BCUT2D eigenvalue weighted by atomic mass is 9.89. The minimum atomic E-state index is 0.563. The number of nitrogens with zero attached hydrogens (tertiary/aromatic N) is 2. The molecule has 1 fully saturated rings. The molecule has 0 amide bonds. The van der Waals surface area contributed by atoms with Crippen molar-refractivity contribution >= 4 is 16.7 Å². The van der Waals surface area contributed by atoms with Gasteiger partial charge < -0.3 is 10.6 Å². The number of rotatable bonds is 4. The first-order chi connectivity index (χ1) is 10.3. The second kappa shape index (κ2) is 6.44. The van der Waals surface area contributed by atoms with Gasteiger partial charge in [0.25, 0.3) is 0 Å². The normalized spacial score (nSPS) is 16.3. The summed E-state index contributed by atoms with van der Waals surface area (Å²) in [6.07, 6.45) is 6.91. The number of benzene rings is 1. The Morgan fingerprint density at radius 1 is 1.19 bits per heavy atom. The third-order valence-electron chi connectivity index (χ3n) is 4.66. The lowest BCUT2D eigenvalue weighted by Crippen LogP contribution is -2.27. The maximum Gasteiger partial charge on any atom is 0.129 e. The van der Waals surface area contributed by atoms with E-state index >= 15 is 0 Å². The predicted molar refractivity (Wildman–Crippen MR) is 89.5 cm³/mol. The molecular formula is C18H25N3. The van der Waals surface area contributed by atoms with E-state index in [2.05, 4.69) is 36.2 Å². The number of hydrogen-bond acceptors (Lipinski definition) is 3. The van der Waals surface area contributed by atoms with Gasteiger partial charge in [-0.15, -0.1) is 0 Å². The molecule has 0 bridgehead atoms. The van der Waals surface area contributed by atoms with Gasteiger partial charge in [0, 0.05) is 25.5 Å². The van der Waals surface area contributed by atoms with Gasteiger partial charge in [-0.3, -0.25) is 0 Å². The van der Waals surface area contributed by atoms with Gasteiger partial charge in [-0.1, -0.05) is 37.5 Å². The molecule has 0 unspecified atom stereocenters. The molecule has 1 aliphatic rings. The zero-order valence-electron chi connectivity index (χ0n) is 12.9. The van der Waals surface area contributed by atoms with Gasteiger partial charge in [0.1, 0.15) is 5.82 Å². The van der Waals surface area contributed by atoms with Crippen LogP contribution in [-0.4, -0.2) is 18.6 Å². The highest BCUT2D eigenvalue weighted by Gasteiger charge is 2.17. The van der Waals surface area contributed by atoms with Crippen LogP contribution in [0.3, 0.4) is 0 Å². The van der Waals surface area contributed by atoms with Crippen LogP contribution in [0.15, 0.2) is 30.3 Å². The van der Waals surface area contributed by atoms with Crippen molar-refractivity contribution in [2.75, 3.05) is 18.5 Å². The van der Waals surface area contributed by atoms with Crippen LogP contribution >= 0.6 is 0 Å². The molecule has 0 aliphatic heterocycles. The van der Waals surface area contributed by atoms with Gasteiger partial charge in [-0.2, -0.15) is 0 Å². The second-order valence-electron chi connectivity index (χ2n) is 6.25. The Balaban J connectivity index is 1.85. The van der Waals surface area contributed by atoms with Crippen molar-refractivity contribution in [3.8, 4) is 0 Å². The van der Waals surface area contributed by atoms with E-state index in [4.69, 9.17) is 10.7 Å². The van der Waals surface area contributed by atoms with E-state index in [-0.39, 0.29) is 0 Å². The number of pyridine rings is 1. The number of anilines is 1. The van der Waals surface area contributed by atoms with Gasteiger partial charge in [0.2, 0.25) is 0 Å². The molecule has 112 valence electrons. The Labute approximate surface area is 127 Å². The summed E-state index contributed by atoms with van der Waals surface area (Å²) >= 11 is 0. The summed E-state index contributed by atoms with van der Waals surface area (Å²) in [5.74, 6) is 1.87. The molecular weight excluding hydrogens is 258 g/mol. The molecule has 1 heterocycles. The highest BCUT2D eigenvalue weighted by molar-refractivity contribution is 5.84. The van der Waals surface area contributed by atoms with Gasteiger partial charge in [-0.05, 0) is 36.5 Å². The summed E-state index contributed by atoms with van der Waals surface area (Å²) < 4.78 is 0. The summed E-state index contributed by atoms with van der Waals surface area (Å²) in [7, 11) is 2.16. The summed E-state index contributed by atoms with van der Waals surface area (Å²) in [4.78, 5) is 7.13. The molecule has 0 radical (unpaired) electrons. The molecule has 21 heavy (non-hydrogen) atoms. The SMILES string of the molecule is CN(CC1CCCCC1)c1cc(CN)c2ccccc2n1. The fraction of sp³-hybridized carbons (Fsp3) is 0.500. The third-order valence-corrected chi connectivity index (χ3v) is 4.66. The van der Waals surface area contributed by atoms with E-state index in [0.29, 0.717) is 6.54 Å². The Bertz CT molecular complexity index is 602. The predicted octanol–water partition coefficient (Wildman–Crippen LogP) is 3.71. The van der Waals surface area contributed by atoms with Crippen LogP contribution in [0.5, 0.6) is 0 Å². The van der Waals surface area contributed by atoms with E-state index in [1.54, 1.807) is 0 Å². The van der Waals surface area contributed by atoms with E-state index < -0.39 is 0 Å². The number of nitrogens with two attached hydrogens (primary N) is 1. The summed E-state index contributed by atoms with van der Waals surface area (Å²) in [5, 5.41) is 1.18. The first-order valence-corrected chi connectivity index (χ1v) is 8.08. The molecule has 0 saturated heterocycles. The Kier molecular flexibility index (Phi) is 4.39. The van der Waals surface area contributed by atoms with Crippen molar-refractivity contribution in [1.82, 2.24) is 4.98 Å². The number of aromatic nitrogens is 1. The molecule has 1 aliphatic carbocycles. The number of hydrogen-bond donors (Lipinski definition) is 1. The number of para-hydroxylation sites is 1. The highest BCUT2D eigenvalue weighted by atomic mass is 15.2. The molecule has 1 aromatic heterocycles. The first kappa shape index (κ1) is 14.3. The van der Waals surface area contributed by atoms with E-state index in [1.165, 1.54) is 43.1 Å². The maximum absolute atomic E-state index is 5.92. The molecule has 2 N–H and O–H groups in total. The highest BCUT2D eigenvalue weighted by Crippen LogP contribution is 2.27. The first-order valence-electron chi connectivity index (χ1n) is 8.08. The van der Waals surface area contributed by atoms with E-state index in [0.717, 1.165) is 23.8 Å². The standard InChI is InChI=1S/C18H25N3/c1-21(13-14-7-3-2-4-8-14)18-11-15(12-19)16-9-5-6-10-17(16)20-18/h5-6,9-11,14H,2-4,7-8,12-13,19H2,1H3. The van der Waals surface area contributed by atoms with Crippen LogP contribution in [0, 0.1) is 5.92 Å².